The van der Waals surface area contributed by atoms with Crippen LogP contribution in [0.3, 0.4) is 0 Å². The average molecular weight is 312 g/mol. The summed E-state index contributed by atoms with van der Waals surface area (Å²) < 4.78 is 18.6. The van der Waals surface area contributed by atoms with Crippen LogP contribution < -0.4 is 19.9 Å². The number of nitrogen functional groups attached to an aromatic ring is 1. The van der Waals surface area contributed by atoms with E-state index in [1.54, 1.807) is 10.7 Å². The minimum atomic E-state index is 0.469. The maximum absolute atomic E-state index is 5.73. The van der Waals surface area contributed by atoms with E-state index in [1.165, 1.54) is 0 Å². The molecule has 2 aromatic carbocycles. The standard InChI is InChI=1S/C16H16N4O3/c17-11-2-1-3-12(8-11)21-5-4-20-14-10-16-15(22-6-7-23-16)9-13(14)18-19-20/h1-3,8-10H,4-7,17H2. The fourth-order valence-corrected chi connectivity index (χ4v) is 2.52. The average Bonchev–Trinajstić information content (AvgIpc) is 2.95. The van der Waals surface area contributed by atoms with Gasteiger partial charge in [-0.1, -0.05) is 11.3 Å². The molecule has 7 nitrogen and oxygen atoms in total. The van der Waals surface area contributed by atoms with Gasteiger partial charge < -0.3 is 19.9 Å². The number of anilines is 1. The quantitative estimate of drug-likeness (QED) is 0.740. The molecule has 3 aromatic rings. The highest BCUT2D eigenvalue weighted by molar-refractivity contribution is 5.79. The van der Waals surface area contributed by atoms with Crippen molar-refractivity contribution in [1.82, 2.24) is 15.0 Å². The number of hydrogen-bond donors (Lipinski definition) is 1. The van der Waals surface area contributed by atoms with Gasteiger partial charge in [-0.15, -0.1) is 5.10 Å². The molecule has 0 unspecified atom stereocenters. The molecule has 0 radical (unpaired) electrons. The first-order valence-corrected chi connectivity index (χ1v) is 7.41. The van der Waals surface area contributed by atoms with Crippen molar-refractivity contribution in [2.24, 2.45) is 0 Å². The summed E-state index contributed by atoms with van der Waals surface area (Å²) in [5, 5.41) is 8.33. The highest BCUT2D eigenvalue weighted by atomic mass is 16.6. The summed E-state index contributed by atoms with van der Waals surface area (Å²) in [5.41, 5.74) is 8.08. The number of benzene rings is 2. The van der Waals surface area contributed by atoms with Crippen LogP contribution >= 0.6 is 0 Å². The predicted octanol–water partition coefficient (Wildman–Crippen LogP) is 1.86. The zero-order chi connectivity index (χ0) is 15.6. The van der Waals surface area contributed by atoms with Crippen molar-refractivity contribution in [2.45, 2.75) is 6.54 Å². The SMILES string of the molecule is Nc1cccc(OCCn2nnc3cc4c(cc32)OCCO4)c1. The van der Waals surface area contributed by atoms with E-state index in [0.29, 0.717) is 37.8 Å². The number of nitrogens with zero attached hydrogens (tertiary/aromatic N) is 3. The molecule has 2 N–H and O–H groups in total. The Bertz CT molecular complexity index is 846. The Morgan fingerprint density at radius 1 is 1.13 bits per heavy atom. The topological polar surface area (TPSA) is 84.4 Å². The molecule has 1 aliphatic rings. The Morgan fingerprint density at radius 3 is 2.78 bits per heavy atom. The molecule has 0 atom stereocenters. The Morgan fingerprint density at radius 2 is 1.96 bits per heavy atom. The van der Waals surface area contributed by atoms with Crippen molar-refractivity contribution in [2.75, 3.05) is 25.6 Å². The molecule has 0 saturated heterocycles. The number of aromatic nitrogens is 3. The van der Waals surface area contributed by atoms with E-state index in [2.05, 4.69) is 10.3 Å². The van der Waals surface area contributed by atoms with Crippen LogP contribution in [0, 0.1) is 0 Å². The Balaban J connectivity index is 1.50. The van der Waals surface area contributed by atoms with Crippen LogP contribution in [0.5, 0.6) is 17.2 Å². The van der Waals surface area contributed by atoms with E-state index in [9.17, 15) is 0 Å². The Labute approximate surface area is 132 Å². The molecule has 23 heavy (non-hydrogen) atoms. The first kappa shape index (κ1) is 13.7. The van der Waals surface area contributed by atoms with E-state index in [1.807, 2.05) is 30.3 Å². The van der Waals surface area contributed by atoms with Gasteiger partial charge >= 0.3 is 0 Å². The van der Waals surface area contributed by atoms with Gasteiger partial charge in [-0.05, 0) is 12.1 Å². The third-order valence-electron chi connectivity index (χ3n) is 3.61. The zero-order valence-corrected chi connectivity index (χ0v) is 12.4. The molecule has 0 spiro atoms. The van der Waals surface area contributed by atoms with E-state index >= 15 is 0 Å². The predicted molar refractivity (Wildman–Crippen MR) is 84.9 cm³/mol. The summed E-state index contributed by atoms with van der Waals surface area (Å²) in [6.07, 6.45) is 0. The molecule has 0 amide bonds. The Hall–Kier alpha value is -2.96. The van der Waals surface area contributed by atoms with Crippen LogP contribution in [0.25, 0.3) is 11.0 Å². The number of fused-ring (bicyclic) bond motifs is 2. The van der Waals surface area contributed by atoms with Crippen molar-refractivity contribution in [3.05, 3.63) is 36.4 Å². The monoisotopic (exact) mass is 312 g/mol. The molecule has 0 aliphatic carbocycles. The lowest BCUT2D eigenvalue weighted by Crippen LogP contribution is -2.15. The number of rotatable bonds is 4. The fraction of sp³-hybridized carbons (Fsp3) is 0.250. The van der Waals surface area contributed by atoms with Crippen molar-refractivity contribution in [1.29, 1.82) is 0 Å². The highest BCUT2D eigenvalue weighted by Crippen LogP contribution is 2.33. The van der Waals surface area contributed by atoms with Gasteiger partial charge in [0, 0.05) is 23.9 Å². The summed E-state index contributed by atoms with van der Waals surface area (Å²) in [7, 11) is 0. The van der Waals surface area contributed by atoms with Gasteiger partial charge in [0.05, 0.1) is 12.1 Å². The molecular formula is C16H16N4O3. The molecule has 0 fully saturated rings. The molecule has 1 aromatic heterocycles. The lowest BCUT2D eigenvalue weighted by Gasteiger charge is -2.18. The van der Waals surface area contributed by atoms with Gasteiger partial charge in [0.2, 0.25) is 0 Å². The van der Waals surface area contributed by atoms with E-state index in [4.69, 9.17) is 19.9 Å². The number of ether oxygens (including phenoxy) is 3. The molecule has 4 rings (SSSR count). The van der Waals surface area contributed by atoms with Gasteiger partial charge in [-0.3, -0.25) is 0 Å². The van der Waals surface area contributed by atoms with Crippen LogP contribution in [0.1, 0.15) is 0 Å². The summed E-state index contributed by atoms with van der Waals surface area (Å²) in [4.78, 5) is 0. The molecule has 7 heteroatoms. The summed E-state index contributed by atoms with van der Waals surface area (Å²) in [6, 6.07) is 11.1. The van der Waals surface area contributed by atoms with E-state index in [-0.39, 0.29) is 0 Å². The third-order valence-corrected chi connectivity index (χ3v) is 3.61. The van der Waals surface area contributed by atoms with Crippen LogP contribution in [-0.4, -0.2) is 34.8 Å². The van der Waals surface area contributed by atoms with Crippen LogP contribution in [0.4, 0.5) is 5.69 Å². The lowest BCUT2D eigenvalue weighted by molar-refractivity contribution is 0.172. The smallest absolute Gasteiger partial charge is 0.163 e. The molecule has 2 heterocycles. The third kappa shape index (κ3) is 2.73. The van der Waals surface area contributed by atoms with Crippen LogP contribution in [-0.2, 0) is 6.54 Å². The summed E-state index contributed by atoms with van der Waals surface area (Å²) >= 11 is 0. The second-order valence-corrected chi connectivity index (χ2v) is 5.22. The Kier molecular flexibility index (Phi) is 3.38. The van der Waals surface area contributed by atoms with Crippen LogP contribution in [0.15, 0.2) is 36.4 Å². The zero-order valence-electron chi connectivity index (χ0n) is 12.4. The molecule has 118 valence electrons. The minimum Gasteiger partial charge on any atom is -0.492 e. The second-order valence-electron chi connectivity index (χ2n) is 5.22. The van der Waals surface area contributed by atoms with Gasteiger partial charge in [0.1, 0.15) is 31.1 Å². The minimum absolute atomic E-state index is 0.469. The normalized spacial score (nSPS) is 13.2. The van der Waals surface area contributed by atoms with Gasteiger partial charge in [0.25, 0.3) is 0 Å². The van der Waals surface area contributed by atoms with Crippen molar-refractivity contribution in [3.8, 4) is 17.2 Å². The largest absolute Gasteiger partial charge is 0.492 e. The number of nitrogens with two attached hydrogens (primary N) is 1. The second kappa shape index (κ2) is 5.68. The van der Waals surface area contributed by atoms with Gasteiger partial charge in [-0.25, -0.2) is 4.68 Å². The van der Waals surface area contributed by atoms with Crippen molar-refractivity contribution >= 4 is 16.7 Å². The van der Waals surface area contributed by atoms with E-state index in [0.717, 1.165) is 22.5 Å². The molecule has 1 aliphatic heterocycles. The lowest BCUT2D eigenvalue weighted by atomic mass is 10.2. The number of hydrogen-bond acceptors (Lipinski definition) is 6. The van der Waals surface area contributed by atoms with Crippen LogP contribution in [0.2, 0.25) is 0 Å². The first-order valence-electron chi connectivity index (χ1n) is 7.41. The maximum atomic E-state index is 5.73. The molecular weight excluding hydrogens is 296 g/mol. The first-order chi connectivity index (χ1) is 11.3. The van der Waals surface area contributed by atoms with Crippen molar-refractivity contribution in [3.63, 3.8) is 0 Å². The fourth-order valence-electron chi connectivity index (χ4n) is 2.52. The summed E-state index contributed by atoms with van der Waals surface area (Å²) in [6.45, 7) is 2.15. The van der Waals surface area contributed by atoms with Gasteiger partial charge in [-0.2, -0.15) is 0 Å². The van der Waals surface area contributed by atoms with Gasteiger partial charge in [0.15, 0.2) is 11.5 Å². The van der Waals surface area contributed by atoms with E-state index < -0.39 is 0 Å². The molecule has 0 bridgehead atoms. The van der Waals surface area contributed by atoms with Crippen molar-refractivity contribution < 1.29 is 14.2 Å². The highest BCUT2D eigenvalue weighted by Gasteiger charge is 2.16. The summed E-state index contributed by atoms with van der Waals surface area (Å²) in [5.74, 6) is 2.18. The molecule has 0 saturated carbocycles. The maximum Gasteiger partial charge on any atom is 0.163 e.